The summed E-state index contributed by atoms with van der Waals surface area (Å²) in [5.41, 5.74) is 1.16. The molecule has 6 nitrogen and oxygen atoms in total. The zero-order valence-electron chi connectivity index (χ0n) is 12.2. The van der Waals surface area contributed by atoms with Crippen molar-refractivity contribution in [3.05, 3.63) is 63.4 Å². The number of benzene rings is 2. The molecule has 0 unspecified atom stereocenters. The van der Waals surface area contributed by atoms with E-state index in [4.69, 9.17) is 16.0 Å². The van der Waals surface area contributed by atoms with Gasteiger partial charge in [0.1, 0.15) is 5.52 Å². The van der Waals surface area contributed by atoms with Crippen molar-refractivity contribution in [2.45, 2.75) is 0 Å². The summed E-state index contributed by atoms with van der Waals surface area (Å²) in [7, 11) is 0. The molecule has 2 aromatic carbocycles. The molecule has 0 atom stereocenters. The third-order valence-corrected chi connectivity index (χ3v) is 3.83. The second-order valence-electron chi connectivity index (χ2n) is 5.13. The highest BCUT2D eigenvalue weighted by molar-refractivity contribution is 6.31. The molecule has 118 valence electrons. The van der Waals surface area contributed by atoms with Gasteiger partial charge in [-0.1, -0.05) is 29.8 Å². The van der Waals surface area contributed by atoms with Crippen molar-refractivity contribution in [2.24, 2.45) is 4.99 Å². The molecular formula is C17H10ClN3O3. The van der Waals surface area contributed by atoms with Gasteiger partial charge < -0.3 is 9.52 Å². The number of hydrogen-bond donors (Lipinski definition) is 2. The number of aromatic hydroxyl groups is 1. The van der Waals surface area contributed by atoms with E-state index in [1.807, 2.05) is 0 Å². The van der Waals surface area contributed by atoms with Crippen molar-refractivity contribution in [1.29, 1.82) is 0 Å². The van der Waals surface area contributed by atoms with E-state index in [1.165, 1.54) is 6.21 Å². The van der Waals surface area contributed by atoms with Crippen molar-refractivity contribution in [3.8, 4) is 5.88 Å². The Labute approximate surface area is 140 Å². The summed E-state index contributed by atoms with van der Waals surface area (Å²) in [4.78, 5) is 22.6. The molecule has 0 radical (unpaired) electrons. The van der Waals surface area contributed by atoms with Gasteiger partial charge in [-0.15, -0.1) is 0 Å². The number of aromatic amines is 1. The van der Waals surface area contributed by atoms with Crippen LogP contribution >= 0.6 is 11.6 Å². The molecule has 0 amide bonds. The first-order valence-electron chi connectivity index (χ1n) is 7.06. The van der Waals surface area contributed by atoms with Gasteiger partial charge in [0.05, 0.1) is 5.56 Å². The van der Waals surface area contributed by atoms with Crippen LogP contribution in [0.2, 0.25) is 5.02 Å². The van der Waals surface area contributed by atoms with E-state index in [0.29, 0.717) is 32.5 Å². The Morgan fingerprint density at radius 1 is 1.21 bits per heavy atom. The van der Waals surface area contributed by atoms with Crippen LogP contribution in [-0.4, -0.2) is 21.3 Å². The number of pyridine rings is 1. The lowest BCUT2D eigenvalue weighted by molar-refractivity contribution is 0.452. The lowest BCUT2D eigenvalue weighted by atomic mass is 10.1. The number of oxazole rings is 1. The molecular weight excluding hydrogens is 330 g/mol. The Morgan fingerprint density at radius 2 is 2.00 bits per heavy atom. The minimum absolute atomic E-state index is 0.127. The SMILES string of the molecule is O=c1[nH]c(O)c(/C=N/c2nc3cc(Cl)ccc3o2)c2ccccc12. The third-order valence-electron chi connectivity index (χ3n) is 3.59. The molecule has 0 fully saturated rings. The summed E-state index contributed by atoms with van der Waals surface area (Å²) in [5.74, 6) is -0.262. The highest BCUT2D eigenvalue weighted by Gasteiger charge is 2.10. The number of fused-ring (bicyclic) bond motifs is 2. The molecule has 2 N–H and O–H groups in total. The van der Waals surface area contributed by atoms with Crippen molar-refractivity contribution in [2.75, 3.05) is 0 Å². The Balaban J connectivity index is 1.83. The molecule has 4 aromatic rings. The van der Waals surface area contributed by atoms with Crippen LogP contribution in [0.4, 0.5) is 6.01 Å². The Bertz CT molecular complexity index is 1160. The van der Waals surface area contributed by atoms with Gasteiger partial charge in [-0.2, -0.15) is 4.98 Å². The van der Waals surface area contributed by atoms with Gasteiger partial charge in [-0.3, -0.25) is 9.78 Å². The van der Waals surface area contributed by atoms with Crippen molar-refractivity contribution in [3.63, 3.8) is 0 Å². The number of H-pyrrole nitrogens is 1. The minimum Gasteiger partial charge on any atom is -0.494 e. The standard InChI is InChI=1S/C17H10ClN3O3/c18-9-5-6-14-13(7-9)20-17(24-14)19-8-12-10-3-1-2-4-11(10)15(22)21-16(12)23/h1-8H,(H2,21,22,23)/b19-8+. The predicted molar refractivity (Wildman–Crippen MR) is 92.5 cm³/mol. The molecule has 24 heavy (non-hydrogen) atoms. The van der Waals surface area contributed by atoms with Crippen molar-refractivity contribution < 1.29 is 9.52 Å². The van der Waals surface area contributed by atoms with E-state index in [9.17, 15) is 9.90 Å². The van der Waals surface area contributed by atoms with Crippen LogP contribution in [0, 0.1) is 0 Å². The molecule has 0 saturated heterocycles. The molecule has 2 heterocycles. The highest BCUT2D eigenvalue weighted by Crippen LogP contribution is 2.25. The molecule has 0 saturated carbocycles. The van der Waals surface area contributed by atoms with Gasteiger partial charge in [0.25, 0.3) is 5.56 Å². The van der Waals surface area contributed by atoms with Gasteiger partial charge in [0.2, 0.25) is 5.88 Å². The van der Waals surface area contributed by atoms with Crippen LogP contribution in [0.15, 0.2) is 56.7 Å². The molecule has 4 rings (SSSR count). The van der Waals surface area contributed by atoms with E-state index in [0.717, 1.165) is 0 Å². The number of aliphatic imine (C=N–C) groups is 1. The van der Waals surface area contributed by atoms with E-state index in [2.05, 4.69) is 15.0 Å². The maximum absolute atomic E-state index is 11.9. The second-order valence-corrected chi connectivity index (χ2v) is 5.57. The normalized spacial score (nSPS) is 11.7. The largest absolute Gasteiger partial charge is 0.494 e. The number of aromatic nitrogens is 2. The Kier molecular flexibility index (Phi) is 3.32. The lowest BCUT2D eigenvalue weighted by Gasteiger charge is -2.03. The molecule has 0 aliphatic carbocycles. The third kappa shape index (κ3) is 2.43. The first-order chi connectivity index (χ1) is 11.6. The molecule has 0 spiro atoms. The van der Waals surface area contributed by atoms with Gasteiger partial charge in [0, 0.05) is 22.0 Å². The Morgan fingerprint density at radius 3 is 2.83 bits per heavy atom. The summed E-state index contributed by atoms with van der Waals surface area (Å²) in [6, 6.07) is 12.1. The summed E-state index contributed by atoms with van der Waals surface area (Å²) in [6.45, 7) is 0. The second kappa shape index (κ2) is 5.50. The van der Waals surface area contributed by atoms with Crippen LogP contribution in [0.25, 0.3) is 21.9 Å². The molecule has 0 bridgehead atoms. The van der Waals surface area contributed by atoms with E-state index < -0.39 is 0 Å². The molecule has 0 aliphatic heterocycles. The average Bonchev–Trinajstić information content (AvgIpc) is 2.96. The molecule has 2 aromatic heterocycles. The quantitative estimate of drug-likeness (QED) is 0.544. The number of nitrogens with one attached hydrogen (secondary N) is 1. The number of hydrogen-bond acceptors (Lipinski definition) is 5. The summed E-state index contributed by atoms with van der Waals surface area (Å²) < 4.78 is 5.50. The van der Waals surface area contributed by atoms with Crippen LogP contribution in [0.1, 0.15) is 5.56 Å². The zero-order chi connectivity index (χ0) is 16.7. The van der Waals surface area contributed by atoms with Crippen molar-refractivity contribution >= 4 is 45.7 Å². The molecule has 0 aliphatic rings. The van der Waals surface area contributed by atoms with Crippen molar-refractivity contribution in [1.82, 2.24) is 9.97 Å². The van der Waals surface area contributed by atoms with Crippen LogP contribution in [0.5, 0.6) is 5.88 Å². The molecule has 7 heteroatoms. The maximum Gasteiger partial charge on any atom is 0.322 e. The topological polar surface area (TPSA) is 91.5 Å². The monoisotopic (exact) mass is 339 g/mol. The Hall–Kier alpha value is -3.12. The van der Waals surface area contributed by atoms with E-state index >= 15 is 0 Å². The number of nitrogens with zero attached hydrogens (tertiary/aromatic N) is 2. The van der Waals surface area contributed by atoms with E-state index in [1.54, 1.807) is 42.5 Å². The van der Waals surface area contributed by atoms with Crippen LogP contribution in [-0.2, 0) is 0 Å². The summed E-state index contributed by atoms with van der Waals surface area (Å²) in [5, 5.41) is 11.6. The van der Waals surface area contributed by atoms with Crippen LogP contribution < -0.4 is 5.56 Å². The predicted octanol–water partition coefficient (Wildman–Crippen LogP) is 3.78. The highest BCUT2D eigenvalue weighted by atomic mass is 35.5. The van der Waals surface area contributed by atoms with Gasteiger partial charge in [-0.25, -0.2) is 4.99 Å². The zero-order valence-corrected chi connectivity index (χ0v) is 12.9. The number of halogens is 1. The van der Waals surface area contributed by atoms with Gasteiger partial charge >= 0.3 is 6.01 Å². The number of rotatable bonds is 2. The van der Waals surface area contributed by atoms with Gasteiger partial charge in [0.15, 0.2) is 5.58 Å². The average molecular weight is 340 g/mol. The first-order valence-corrected chi connectivity index (χ1v) is 7.44. The summed E-state index contributed by atoms with van der Waals surface area (Å²) in [6.07, 6.45) is 1.40. The van der Waals surface area contributed by atoms with E-state index in [-0.39, 0.29) is 17.5 Å². The fraction of sp³-hybridized carbons (Fsp3) is 0. The smallest absolute Gasteiger partial charge is 0.322 e. The maximum atomic E-state index is 11.9. The fourth-order valence-corrected chi connectivity index (χ4v) is 2.65. The lowest BCUT2D eigenvalue weighted by Crippen LogP contribution is -2.07. The van der Waals surface area contributed by atoms with Gasteiger partial charge in [-0.05, 0) is 24.3 Å². The minimum atomic E-state index is -0.364. The fourth-order valence-electron chi connectivity index (χ4n) is 2.48. The first kappa shape index (κ1) is 14.5. The summed E-state index contributed by atoms with van der Waals surface area (Å²) >= 11 is 5.91. The van der Waals surface area contributed by atoms with Crippen LogP contribution in [0.3, 0.4) is 0 Å².